The predicted molar refractivity (Wildman–Crippen MR) is 110 cm³/mol. The number of anilines is 1. The first-order valence-electron chi connectivity index (χ1n) is 8.76. The van der Waals surface area contributed by atoms with Crippen molar-refractivity contribution in [2.45, 2.75) is 39.5 Å². The van der Waals surface area contributed by atoms with Crippen molar-refractivity contribution >= 4 is 30.8 Å². The van der Waals surface area contributed by atoms with E-state index in [1.165, 1.54) is 0 Å². The maximum atomic E-state index is 12.1. The molecule has 27 heavy (non-hydrogen) atoms. The van der Waals surface area contributed by atoms with Crippen LogP contribution in [0.25, 0.3) is 16.7 Å². The first kappa shape index (κ1) is 18.9. The summed E-state index contributed by atoms with van der Waals surface area (Å²) in [6.07, 6.45) is 1.62. The average molecular weight is 384 g/mol. The highest BCUT2D eigenvalue weighted by Gasteiger charge is 2.24. The summed E-state index contributed by atoms with van der Waals surface area (Å²) in [4.78, 5) is 21.2. The quantitative estimate of drug-likeness (QED) is 0.598. The van der Waals surface area contributed by atoms with Gasteiger partial charge in [0.05, 0.1) is 22.5 Å². The number of hydrogen-bond acceptors (Lipinski definition) is 5. The highest BCUT2D eigenvalue weighted by atomic mass is 28.3. The average Bonchev–Trinajstić information content (AvgIpc) is 2.82. The Morgan fingerprint density at radius 2 is 1.93 bits per heavy atom. The summed E-state index contributed by atoms with van der Waals surface area (Å²) in [7, 11) is -1.44. The van der Waals surface area contributed by atoms with Crippen LogP contribution in [-0.2, 0) is 6.04 Å². The van der Waals surface area contributed by atoms with Crippen LogP contribution in [0.4, 0.5) is 5.82 Å². The minimum absolute atomic E-state index is 0.147. The Hall–Kier alpha value is -2.87. The molecular weight excluding hydrogens is 358 g/mol. The van der Waals surface area contributed by atoms with Crippen molar-refractivity contribution in [3.63, 3.8) is 0 Å². The van der Waals surface area contributed by atoms with Crippen molar-refractivity contribution in [2.75, 3.05) is 5.73 Å². The van der Waals surface area contributed by atoms with Crippen molar-refractivity contribution < 1.29 is 9.90 Å². The Morgan fingerprint density at radius 1 is 1.26 bits per heavy atom. The van der Waals surface area contributed by atoms with Crippen LogP contribution in [0.5, 0.6) is 5.75 Å². The van der Waals surface area contributed by atoms with Gasteiger partial charge in [0.15, 0.2) is 5.65 Å². The van der Waals surface area contributed by atoms with Crippen LogP contribution in [0, 0.1) is 13.8 Å². The third kappa shape index (κ3) is 3.28. The number of hydrogen-bond donors (Lipinski definition) is 3. The number of aryl methyl sites for hydroxylation is 1. The molecule has 143 valence electrons. The van der Waals surface area contributed by atoms with Gasteiger partial charge >= 0.3 is 0 Å². The molecule has 0 aliphatic heterocycles. The van der Waals surface area contributed by atoms with Gasteiger partial charge in [-0.2, -0.15) is 19.6 Å². The molecular formula is C19H25N5O2Si-. The number of primary amides is 1. The number of carbonyl (C=O) groups is 1. The van der Waals surface area contributed by atoms with Gasteiger partial charge in [0.1, 0.15) is 11.6 Å². The normalized spacial score (nSPS) is 11.9. The van der Waals surface area contributed by atoms with Crippen LogP contribution >= 0.6 is 0 Å². The molecule has 0 unspecified atom stereocenters. The number of rotatable bonds is 4. The van der Waals surface area contributed by atoms with Gasteiger partial charge in [-0.05, 0) is 25.5 Å². The van der Waals surface area contributed by atoms with Gasteiger partial charge in [-0.25, -0.2) is 9.97 Å². The minimum Gasteiger partial charge on any atom is -0.508 e. The molecule has 0 bridgehead atoms. The molecule has 2 aromatic heterocycles. The standard InChI is InChI=1S/C19H25N5O2Si/c1-10-6-7-13(25)11(2)16(10)24-17(20)15(18(21)26)12-8-22-14(23-19(12)24)9-27(3,4)5/h6-8,25H,9,20H2,1-5H3,(H2,21,26)/q-1. The minimum atomic E-state index is -1.44. The topological polar surface area (TPSA) is 120 Å². The van der Waals surface area contributed by atoms with Crippen LogP contribution in [0.15, 0.2) is 18.3 Å². The van der Waals surface area contributed by atoms with Gasteiger partial charge in [0.25, 0.3) is 5.91 Å². The highest BCUT2D eigenvalue weighted by molar-refractivity contribution is 6.75. The maximum Gasteiger partial charge on any atom is 0.253 e. The van der Waals surface area contributed by atoms with E-state index >= 15 is 0 Å². The van der Waals surface area contributed by atoms with E-state index in [9.17, 15) is 9.90 Å². The van der Waals surface area contributed by atoms with Gasteiger partial charge < -0.3 is 16.6 Å². The van der Waals surface area contributed by atoms with Crippen LogP contribution in [0.3, 0.4) is 0 Å². The Bertz CT molecular complexity index is 1070. The van der Waals surface area contributed by atoms with E-state index in [0.717, 1.165) is 11.6 Å². The number of nitrogens with two attached hydrogens (primary N) is 2. The third-order valence-electron chi connectivity index (χ3n) is 4.56. The number of amides is 1. The van der Waals surface area contributed by atoms with Gasteiger partial charge in [0.2, 0.25) is 0 Å². The van der Waals surface area contributed by atoms with E-state index in [0.29, 0.717) is 28.1 Å². The molecule has 0 saturated carbocycles. The van der Waals surface area contributed by atoms with Crippen molar-refractivity contribution in [2.24, 2.45) is 5.73 Å². The lowest BCUT2D eigenvalue weighted by Crippen LogP contribution is -2.25. The lowest BCUT2D eigenvalue weighted by Gasteiger charge is -2.25. The Morgan fingerprint density at radius 3 is 2.52 bits per heavy atom. The number of benzene rings is 1. The Labute approximate surface area is 159 Å². The fourth-order valence-corrected chi connectivity index (χ4v) is 4.45. The van der Waals surface area contributed by atoms with Gasteiger partial charge in [-0.1, -0.05) is 12.1 Å². The molecule has 2 heterocycles. The summed E-state index contributed by atoms with van der Waals surface area (Å²) in [5.74, 6) is 0.433. The number of phenols is 1. The number of carbonyl (C=O) groups excluding carboxylic acids is 1. The molecule has 5 N–H and O–H groups in total. The van der Waals surface area contributed by atoms with Crippen molar-refractivity contribution in [3.05, 3.63) is 40.8 Å². The zero-order valence-electron chi connectivity index (χ0n) is 16.3. The lowest BCUT2D eigenvalue weighted by atomic mass is 10.1. The smallest absolute Gasteiger partial charge is 0.253 e. The summed E-state index contributed by atoms with van der Waals surface area (Å²) >= 11 is 0. The summed E-state index contributed by atoms with van der Waals surface area (Å²) in [6.45, 7) is 10.4. The Kier molecular flexibility index (Phi) is 4.47. The van der Waals surface area contributed by atoms with E-state index < -0.39 is 14.0 Å². The second-order valence-electron chi connectivity index (χ2n) is 8.10. The molecule has 3 aromatic rings. The second kappa shape index (κ2) is 6.38. The van der Waals surface area contributed by atoms with E-state index in [1.807, 2.05) is 6.92 Å². The van der Waals surface area contributed by atoms with Crippen LogP contribution in [-0.4, -0.2) is 33.6 Å². The van der Waals surface area contributed by atoms with Gasteiger partial charge in [-0.15, -0.1) is 8.07 Å². The molecule has 0 spiro atoms. The number of aromatic hydroxyl groups is 1. The van der Waals surface area contributed by atoms with E-state index in [1.54, 1.807) is 29.8 Å². The molecule has 3 rings (SSSR count). The van der Waals surface area contributed by atoms with E-state index in [-0.39, 0.29) is 17.1 Å². The molecule has 0 radical (unpaired) electrons. The third-order valence-corrected chi connectivity index (χ3v) is 5.94. The number of aromatic nitrogens is 3. The van der Waals surface area contributed by atoms with Crippen molar-refractivity contribution in [1.82, 2.24) is 14.5 Å². The summed E-state index contributed by atoms with van der Waals surface area (Å²) in [5.41, 5.74) is 14.9. The molecule has 8 heteroatoms. The number of nitrogens with zero attached hydrogens (tertiary/aromatic N) is 3. The monoisotopic (exact) mass is 383 g/mol. The summed E-state index contributed by atoms with van der Waals surface area (Å²) < 4.78 is 1.70. The van der Waals surface area contributed by atoms with Gasteiger partial charge in [-0.3, -0.25) is 9.36 Å². The summed E-state index contributed by atoms with van der Waals surface area (Å²) in [6, 6.07) is 4.24. The molecule has 7 nitrogen and oxygen atoms in total. The van der Waals surface area contributed by atoms with Crippen LogP contribution in [0.1, 0.15) is 27.3 Å². The first-order chi connectivity index (χ1) is 12.5. The van der Waals surface area contributed by atoms with Crippen molar-refractivity contribution in [3.8, 4) is 11.4 Å². The highest BCUT2D eigenvalue weighted by Crippen LogP contribution is 2.35. The summed E-state index contributed by atoms with van der Waals surface area (Å²) in [5, 5.41) is 10.7. The zero-order valence-corrected chi connectivity index (χ0v) is 17.3. The fourth-order valence-electron chi connectivity index (χ4n) is 3.33. The molecule has 0 saturated heterocycles. The number of fused-ring (bicyclic) bond motifs is 1. The van der Waals surface area contributed by atoms with Gasteiger partial charge in [0, 0.05) is 11.8 Å². The molecule has 1 amide bonds. The number of nitrogen functional groups attached to an aromatic ring is 1. The SMILES string of the molecule is Cc1ccc(O)c(C)c1-n1c(N)c(C(N)=O)c2cnc(C[Si-](C)(C)C)nc21. The Balaban J connectivity index is 2.41. The molecule has 0 aliphatic carbocycles. The molecule has 0 fully saturated rings. The van der Waals surface area contributed by atoms with E-state index in [4.69, 9.17) is 16.5 Å². The second-order valence-corrected chi connectivity index (χ2v) is 13.6. The van der Waals surface area contributed by atoms with Crippen LogP contribution in [0.2, 0.25) is 19.6 Å². The predicted octanol–water partition coefficient (Wildman–Crippen LogP) is 2.84. The molecule has 1 aromatic carbocycles. The zero-order chi connectivity index (χ0) is 20.1. The lowest BCUT2D eigenvalue weighted by molar-refractivity contribution is 0.100. The largest absolute Gasteiger partial charge is 0.508 e. The molecule has 0 aliphatic rings. The first-order valence-corrected chi connectivity index (χ1v) is 12.5. The van der Waals surface area contributed by atoms with Crippen molar-refractivity contribution in [1.29, 1.82) is 0 Å². The fraction of sp³-hybridized carbons (Fsp3) is 0.316. The molecule has 0 atom stereocenters. The number of phenolic OH excluding ortho intramolecular Hbond substituents is 1. The maximum absolute atomic E-state index is 12.1. The van der Waals surface area contributed by atoms with Crippen LogP contribution < -0.4 is 11.5 Å². The van der Waals surface area contributed by atoms with E-state index in [2.05, 4.69) is 24.6 Å².